The Bertz CT molecular complexity index is 344. The molecule has 2 rings (SSSR count). The highest BCUT2D eigenvalue weighted by Crippen LogP contribution is 2.21. The van der Waals surface area contributed by atoms with Crippen LogP contribution in [-0.2, 0) is 6.54 Å². The topological polar surface area (TPSA) is 72.9 Å². The molecule has 0 bridgehead atoms. The summed E-state index contributed by atoms with van der Waals surface area (Å²) in [5.74, 6) is 0.328. The molecule has 1 unspecified atom stereocenters. The Morgan fingerprint density at radius 3 is 3.31 bits per heavy atom. The molecule has 2 heterocycles. The van der Waals surface area contributed by atoms with E-state index in [-0.39, 0.29) is 0 Å². The van der Waals surface area contributed by atoms with Crippen LogP contribution < -0.4 is 11.1 Å². The minimum absolute atomic E-state index is 0.377. The third-order valence-corrected chi connectivity index (χ3v) is 2.26. The van der Waals surface area contributed by atoms with E-state index in [1.807, 2.05) is 0 Å². The molecule has 0 fully saturated rings. The standard InChI is InChI=1S/C8H12N4O/c1-5-2-3-12-8(11-5)6(4-10-12)7(9)13/h4-5,11H,2-3H2,1H3,(H2,9,13). The number of nitrogens with zero attached hydrogens (tertiary/aromatic N) is 2. The molecule has 1 aromatic heterocycles. The van der Waals surface area contributed by atoms with Crippen LogP contribution >= 0.6 is 0 Å². The zero-order valence-corrected chi connectivity index (χ0v) is 7.45. The van der Waals surface area contributed by atoms with E-state index in [0.717, 1.165) is 18.8 Å². The summed E-state index contributed by atoms with van der Waals surface area (Å²) in [7, 11) is 0. The van der Waals surface area contributed by atoms with Gasteiger partial charge in [-0.15, -0.1) is 0 Å². The van der Waals surface area contributed by atoms with Gasteiger partial charge >= 0.3 is 0 Å². The third kappa shape index (κ3) is 1.26. The van der Waals surface area contributed by atoms with Crippen molar-refractivity contribution in [2.45, 2.75) is 25.9 Å². The van der Waals surface area contributed by atoms with Crippen molar-refractivity contribution in [2.75, 3.05) is 5.32 Å². The highest BCUT2D eigenvalue weighted by molar-refractivity contribution is 5.97. The lowest BCUT2D eigenvalue weighted by Gasteiger charge is -2.22. The number of anilines is 1. The SMILES string of the molecule is CC1CCn2ncc(C(N)=O)c2N1. The molecule has 1 aliphatic rings. The van der Waals surface area contributed by atoms with E-state index in [2.05, 4.69) is 17.3 Å². The summed E-state index contributed by atoms with van der Waals surface area (Å²) in [4.78, 5) is 11.0. The van der Waals surface area contributed by atoms with Crippen LogP contribution in [0.3, 0.4) is 0 Å². The lowest BCUT2D eigenvalue weighted by Crippen LogP contribution is -2.27. The maximum atomic E-state index is 11.0. The number of nitrogens with two attached hydrogens (primary N) is 1. The first-order chi connectivity index (χ1) is 6.18. The number of hydrogen-bond donors (Lipinski definition) is 2. The van der Waals surface area contributed by atoms with Crippen molar-refractivity contribution in [3.63, 3.8) is 0 Å². The molecule has 0 aliphatic carbocycles. The number of aromatic nitrogens is 2. The molecule has 1 aromatic rings. The van der Waals surface area contributed by atoms with Crippen LogP contribution in [0.15, 0.2) is 6.20 Å². The van der Waals surface area contributed by atoms with E-state index in [0.29, 0.717) is 11.6 Å². The molecular weight excluding hydrogens is 168 g/mol. The summed E-state index contributed by atoms with van der Waals surface area (Å²) in [6.07, 6.45) is 2.54. The average Bonchev–Trinajstić information content (AvgIpc) is 2.46. The first kappa shape index (κ1) is 8.10. The molecule has 0 saturated heterocycles. The normalized spacial score (nSPS) is 20.5. The zero-order chi connectivity index (χ0) is 9.42. The van der Waals surface area contributed by atoms with Crippen LogP contribution in [-0.4, -0.2) is 21.7 Å². The number of hydrogen-bond acceptors (Lipinski definition) is 3. The maximum absolute atomic E-state index is 11.0. The van der Waals surface area contributed by atoms with Crippen molar-refractivity contribution in [1.82, 2.24) is 9.78 Å². The van der Waals surface area contributed by atoms with Gasteiger partial charge in [0, 0.05) is 12.6 Å². The van der Waals surface area contributed by atoms with Crippen LogP contribution in [0, 0.1) is 0 Å². The first-order valence-corrected chi connectivity index (χ1v) is 4.30. The van der Waals surface area contributed by atoms with Crippen molar-refractivity contribution in [1.29, 1.82) is 0 Å². The maximum Gasteiger partial charge on any atom is 0.254 e. The number of nitrogens with one attached hydrogen (secondary N) is 1. The highest BCUT2D eigenvalue weighted by Gasteiger charge is 2.20. The Balaban J connectivity index is 2.41. The second kappa shape index (κ2) is 2.76. The summed E-state index contributed by atoms with van der Waals surface area (Å²) in [5, 5.41) is 7.26. The molecule has 70 valence electrons. The lowest BCUT2D eigenvalue weighted by molar-refractivity contribution is 0.100. The van der Waals surface area contributed by atoms with Crippen molar-refractivity contribution >= 4 is 11.7 Å². The largest absolute Gasteiger partial charge is 0.367 e. The van der Waals surface area contributed by atoms with Gasteiger partial charge in [-0.3, -0.25) is 4.79 Å². The summed E-state index contributed by atoms with van der Waals surface area (Å²) < 4.78 is 1.78. The number of rotatable bonds is 1. The fourth-order valence-corrected chi connectivity index (χ4v) is 1.51. The van der Waals surface area contributed by atoms with Crippen LogP contribution in [0.25, 0.3) is 0 Å². The minimum atomic E-state index is -0.428. The average molecular weight is 180 g/mol. The number of fused-ring (bicyclic) bond motifs is 1. The Hall–Kier alpha value is -1.52. The first-order valence-electron chi connectivity index (χ1n) is 4.30. The van der Waals surface area contributed by atoms with Crippen molar-refractivity contribution in [3.8, 4) is 0 Å². The predicted octanol–water partition coefficient (Wildman–Crippen LogP) is 0.186. The van der Waals surface area contributed by atoms with Gasteiger partial charge in [0.15, 0.2) is 0 Å². The fourth-order valence-electron chi connectivity index (χ4n) is 1.51. The van der Waals surface area contributed by atoms with Gasteiger partial charge in [0.2, 0.25) is 0 Å². The van der Waals surface area contributed by atoms with Gasteiger partial charge in [-0.1, -0.05) is 0 Å². The molecule has 5 nitrogen and oxygen atoms in total. The number of carbonyl (C=O) groups is 1. The monoisotopic (exact) mass is 180 g/mol. The molecule has 0 radical (unpaired) electrons. The number of carbonyl (C=O) groups excluding carboxylic acids is 1. The van der Waals surface area contributed by atoms with Crippen molar-refractivity contribution in [2.24, 2.45) is 5.73 Å². The Labute approximate surface area is 75.9 Å². The van der Waals surface area contributed by atoms with E-state index in [1.54, 1.807) is 4.68 Å². The van der Waals surface area contributed by atoms with Gasteiger partial charge < -0.3 is 11.1 Å². The predicted molar refractivity (Wildman–Crippen MR) is 48.4 cm³/mol. The fraction of sp³-hybridized carbons (Fsp3) is 0.500. The lowest BCUT2D eigenvalue weighted by atomic mass is 10.2. The number of aryl methyl sites for hydroxylation is 1. The molecule has 0 aromatic carbocycles. The quantitative estimate of drug-likeness (QED) is 0.647. The van der Waals surface area contributed by atoms with Gasteiger partial charge in [-0.25, -0.2) is 4.68 Å². The van der Waals surface area contributed by atoms with E-state index in [1.165, 1.54) is 6.20 Å². The van der Waals surface area contributed by atoms with E-state index < -0.39 is 5.91 Å². The van der Waals surface area contributed by atoms with Gasteiger partial charge in [0.25, 0.3) is 5.91 Å². The molecule has 5 heteroatoms. The Kier molecular flexibility index (Phi) is 1.72. The summed E-state index contributed by atoms with van der Waals surface area (Å²) in [6, 6.07) is 0.377. The van der Waals surface area contributed by atoms with Gasteiger partial charge in [0.05, 0.1) is 6.20 Å². The number of primary amides is 1. The zero-order valence-electron chi connectivity index (χ0n) is 7.45. The summed E-state index contributed by atoms with van der Waals surface area (Å²) in [5.41, 5.74) is 5.67. The van der Waals surface area contributed by atoms with Crippen molar-refractivity contribution in [3.05, 3.63) is 11.8 Å². The molecule has 1 atom stereocenters. The van der Waals surface area contributed by atoms with Crippen LogP contribution in [0.5, 0.6) is 0 Å². The molecule has 13 heavy (non-hydrogen) atoms. The number of amides is 1. The van der Waals surface area contributed by atoms with Crippen LogP contribution in [0.4, 0.5) is 5.82 Å². The van der Waals surface area contributed by atoms with E-state index in [9.17, 15) is 4.79 Å². The second-order valence-electron chi connectivity index (χ2n) is 3.33. The minimum Gasteiger partial charge on any atom is -0.367 e. The highest BCUT2D eigenvalue weighted by atomic mass is 16.1. The molecule has 0 saturated carbocycles. The molecule has 0 spiro atoms. The second-order valence-corrected chi connectivity index (χ2v) is 3.33. The summed E-state index contributed by atoms with van der Waals surface area (Å²) >= 11 is 0. The third-order valence-electron chi connectivity index (χ3n) is 2.26. The summed E-state index contributed by atoms with van der Waals surface area (Å²) in [6.45, 7) is 2.91. The van der Waals surface area contributed by atoms with Crippen molar-refractivity contribution < 1.29 is 4.79 Å². The molecule has 1 amide bonds. The Morgan fingerprint density at radius 1 is 1.85 bits per heavy atom. The molecule has 1 aliphatic heterocycles. The van der Waals surface area contributed by atoms with Crippen LogP contribution in [0.1, 0.15) is 23.7 Å². The van der Waals surface area contributed by atoms with Gasteiger partial charge in [-0.05, 0) is 13.3 Å². The molecule has 3 N–H and O–H groups in total. The molecular formula is C8H12N4O. The Morgan fingerprint density at radius 2 is 2.62 bits per heavy atom. The van der Waals surface area contributed by atoms with E-state index in [4.69, 9.17) is 5.73 Å². The van der Waals surface area contributed by atoms with Gasteiger partial charge in [-0.2, -0.15) is 5.10 Å². The van der Waals surface area contributed by atoms with Gasteiger partial charge in [0.1, 0.15) is 11.4 Å². The van der Waals surface area contributed by atoms with E-state index >= 15 is 0 Å². The van der Waals surface area contributed by atoms with Crippen LogP contribution in [0.2, 0.25) is 0 Å². The smallest absolute Gasteiger partial charge is 0.254 e.